The fourth-order valence-electron chi connectivity index (χ4n) is 4.53. The Labute approximate surface area is 178 Å². The van der Waals surface area contributed by atoms with Crippen LogP contribution in [-0.4, -0.2) is 27.2 Å². The second-order valence-electron chi connectivity index (χ2n) is 8.40. The molecule has 30 heavy (non-hydrogen) atoms. The van der Waals surface area contributed by atoms with Crippen molar-refractivity contribution in [3.05, 3.63) is 95.6 Å². The van der Waals surface area contributed by atoms with Gasteiger partial charge in [0.05, 0.1) is 6.10 Å². The fraction of sp³-hybridized carbons (Fsp3) is 0.385. The Kier molecular flexibility index (Phi) is 6.98. The lowest BCUT2D eigenvalue weighted by molar-refractivity contribution is 0.0659. The van der Waals surface area contributed by atoms with E-state index in [-0.39, 0.29) is 5.82 Å². The SMILES string of the molecule is OC(CN(Cc1cccn1Cc1ccc(F)cc1)C1CCCCC1)c1ccccc1. The molecule has 1 unspecified atom stereocenters. The predicted molar refractivity (Wildman–Crippen MR) is 119 cm³/mol. The Morgan fingerprint density at radius 2 is 1.67 bits per heavy atom. The minimum Gasteiger partial charge on any atom is -0.387 e. The highest BCUT2D eigenvalue weighted by Gasteiger charge is 2.24. The third-order valence-electron chi connectivity index (χ3n) is 6.24. The van der Waals surface area contributed by atoms with Crippen LogP contribution in [0.25, 0.3) is 0 Å². The van der Waals surface area contributed by atoms with Crippen molar-refractivity contribution in [2.45, 2.75) is 57.3 Å². The average molecular weight is 407 g/mol. The fourth-order valence-corrected chi connectivity index (χ4v) is 4.53. The average Bonchev–Trinajstić information content (AvgIpc) is 3.22. The summed E-state index contributed by atoms with van der Waals surface area (Å²) in [6.45, 7) is 2.17. The van der Waals surface area contributed by atoms with E-state index in [0.29, 0.717) is 12.6 Å². The molecule has 4 rings (SSSR count). The largest absolute Gasteiger partial charge is 0.387 e. The Morgan fingerprint density at radius 3 is 2.40 bits per heavy atom. The number of aliphatic hydroxyl groups is 1. The first kappa shape index (κ1) is 20.8. The Hall–Kier alpha value is -2.43. The van der Waals surface area contributed by atoms with Gasteiger partial charge in [-0.05, 0) is 48.2 Å². The van der Waals surface area contributed by atoms with Gasteiger partial charge >= 0.3 is 0 Å². The van der Waals surface area contributed by atoms with Crippen LogP contribution in [0, 0.1) is 5.82 Å². The molecule has 0 bridgehead atoms. The van der Waals surface area contributed by atoms with Crippen molar-refractivity contribution in [2.24, 2.45) is 0 Å². The van der Waals surface area contributed by atoms with Crippen LogP contribution in [0.5, 0.6) is 0 Å². The predicted octanol–water partition coefficient (Wildman–Crippen LogP) is 5.54. The molecule has 0 aliphatic heterocycles. The van der Waals surface area contributed by atoms with Gasteiger partial charge in [-0.15, -0.1) is 0 Å². The Balaban J connectivity index is 1.50. The van der Waals surface area contributed by atoms with Crippen molar-refractivity contribution in [2.75, 3.05) is 6.54 Å². The molecule has 0 radical (unpaired) electrons. The van der Waals surface area contributed by atoms with Crippen molar-refractivity contribution in [1.29, 1.82) is 0 Å². The molecule has 1 fully saturated rings. The molecule has 1 aliphatic carbocycles. The summed E-state index contributed by atoms with van der Waals surface area (Å²) in [6.07, 6.45) is 7.82. The quantitative estimate of drug-likeness (QED) is 0.532. The summed E-state index contributed by atoms with van der Waals surface area (Å²) in [5.41, 5.74) is 3.28. The van der Waals surface area contributed by atoms with E-state index in [2.05, 4.69) is 27.8 Å². The van der Waals surface area contributed by atoms with Crippen LogP contribution in [0.15, 0.2) is 72.9 Å². The lowest BCUT2D eigenvalue weighted by Crippen LogP contribution is -2.39. The molecule has 4 heteroatoms. The number of aliphatic hydroxyl groups excluding tert-OH is 1. The normalized spacial score (nSPS) is 16.1. The summed E-state index contributed by atoms with van der Waals surface area (Å²) >= 11 is 0. The number of aromatic nitrogens is 1. The van der Waals surface area contributed by atoms with Crippen LogP contribution in [-0.2, 0) is 13.1 Å². The lowest BCUT2D eigenvalue weighted by atomic mass is 9.93. The summed E-state index contributed by atoms with van der Waals surface area (Å²) in [4.78, 5) is 2.47. The molecular weight excluding hydrogens is 375 g/mol. The van der Waals surface area contributed by atoms with Gasteiger partial charge in [0.2, 0.25) is 0 Å². The summed E-state index contributed by atoms with van der Waals surface area (Å²) in [6, 6.07) is 21.4. The maximum atomic E-state index is 13.2. The van der Waals surface area contributed by atoms with Crippen molar-refractivity contribution in [3.63, 3.8) is 0 Å². The van der Waals surface area contributed by atoms with Gasteiger partial charge in [-0.1, -0.05) is 61.7 Å². The molecule has 1 atom stereocenters. The van der Waals surface area contributed by atoms with E-state index in [1.54, 1.807) is 0 Å². The molecule has 0 spiro atoms. The minimum absolute atomic E-state index is 0.204. The Morgan fingerprint density at radius 1 is 0.933 bits per heavy atom. The van der Waals surface area contributed by atoms with Gasteiger partial charge in [0, 0.05) is 37.6 Å². The number of halogens is 1. The highest BCUT2D eigenvalue weighted by molar-refractivity contribution is 5.20. The van der Waals surface area contributed by atoms with Crippen LogP contribution in [0.2, 0.25) is 0 Å². The van der Waals surface area contributed by atoms with E-state index in [4.69, 9.17) is 0 Å². The zero-order valence-electron chi connectivity index (χ0n) is 17.5. The number of hydrogen-bond donors (Lipinski definition) is 1. The van der Waals surface area contributed by atoms with Crippen LogP contribution in [0.4, 0.5) is 4.39 Å². The van der Waals surface area contributed by atoms with E-state index in [1.165, 1.54) is 49.9 Å². The molecule has 0 amide bonds. The molecule has 0 saturated heterocycles. The first-order chi connectivity index (χ1) is 14.7. The molecule has 1 heterocycles. The van der Waals surface area contributed by atoms with E-state index in [1.807, 2.05) is 42.5 Å². The minimum atomic E-state index is -0.492. The molecule has 1 saturated carbocycles. The van der Waals surface area contributed by atoms with Crippen molar-refractivity contribution >= 4 is 0 Å². The first-order valence-corrected chi connectivity index (χ1v) is 11.0. The molecular formula is C26H31FN2O. The van der Waals surface area contributed by atoms with Gasteiger partial charge in [0.1, 0.15) is 5.82 Å². The molecule has 3 nitrogen and oxygen atoms in total. The van der Waals surface area contributed by atoms with Gasteiger partial charge in [0.15, 0.2) is 0 Å². The summed E-state index contributed by atoms with van der Waals surface area (Å²) in [7, 11) is 0. The standard InChI is InChI=1S/C26H31FN2O/c27-23-15-13-21(14-16-23)18-28-17-7-12-25(28)19-29(24-10-5-2-6-11-24)20-26(30)22-8-3-1-4-9-22/h1,3-4,7-9,12-17,24,26,30H,2,5-6,10-11,18-20H2. The zero-order chi connectivity index (χ0) is 20.8. The third-order valence-corrected chi connectivity index (χ3v) is 6.24. The van der Waals surface area contributed by atoms with Crippen molar-refractivity contribution in [3.8, 4) is 0 Å². The number of hydrogen-bond acceptors (Lipinski definition) is 2. The molecule has 3 aromatic rings. The Bertz CT molecular complexity index is 900. The van der Waals surface area contributed by atoms with E-state index in [9.17, 15) is 9.50 Å². The van der Waals surface area contributed by atoms with E-state index >= 15 is 0 Å². The van der Waals surface area contributed by atoms with Gasteiger partial charge in [-0.25, -0.2) is 4.39 Å². The highest BCUT2D eigenvalue weighted by Crippen LogP contribution is 2.27. The summed E-state index contributed by atoms with van der Waals surface area (Å²) in [5.74, 6) is -0.204. The second-order valence-corrected chi connectivity index (χ2v) is 8.40. The van der Waals surface area contributed by atoms with Crippen LogP contribution in [0.1, 0.15) is 55.0 Å². The van der Waals surface area contributed by atoms with E-state index in [0.717, 1.165) is 24.2 Å². The van der Waals surface area contributed by atoms with Gasteiger partial charge in [-0.3, -0.25) is 4.90 Å². The maximum absolute atomic E-state index is 13.2. The molecule has 158 valence electrons. The lowest BCUT2D eigenvalue weighted by Gasteiger charge is -2.36. The van der Waals surface area contributed by atoms with Crippen LogP contribution in [0.3, 0.4) is 0 Å². The zero-order valence-corrected chi connectivity index (χ0v) is 17.5. The van der Waals surface area contributed by atoms with Crippen molar-refractivity contribution in [1.82, 2.24) is 9.47 Å². The van der Waals surface area contributed by atoms with Crippen LogP contribution >= 0.6 is 0 Å². The summed E-state index contributed by atoms with van der Waals surface area (Å²) < 4.78 is 15.5. The van der Waals surface area contributed by atoms with Gasteiger partial charge < -0.3 is 9.67 Å². The third kappa shape index (κ3) is 5.38. The maximum Gasteiger partial charge on any atom is 0.123 e. The smallest absolute Gasteiger partial charge is 0.123 e. The van der Waals surface area contributed by atoms with Crippen LogP contribution < -0.4 is 0 Å². The molecule has 1 N–H and O–H groups in total. The second kappa shape index (κ2) is 10.1. The summed E-state index contributed by atoms with van der Waals surface area (Å²) in [5, 5.41) is 10.9. The monoisotopic (exact) mass is 406 g/mol. The number of rotatable bonds is 8. The van der Waals surface area contributed by atoms with Crippen molar-refractivity contribution < 1.29 is 9.50 Å². The van der Waals surface area contributed by atoms with Gasteiger partial charge in [0.25, 0.3) is 0 Å². The molecule has 2 aromatic carbocycles. The number of nitrogens with zero attached hydrogens (tertiary/aromatic N) is 2. The number of benzene rings is 2. The molecule has 1 aliphatic rings. The molecule has 1 aromatic heterocycles. The first-order valence-electron chi connectivity index (χ1n) is 11.0. The highest BCUT2D eigenvalue weighted by atomic mass is 19.1. The van der Waals surface area contributed by atoms with E-state index < -0.39 is 6.10 Å². The topological polar surface area (TPSA) is 28.4 Å². The van der Waals surface area contributed by atoms with Gasteiger partial charge in [-0.2, -0.15) is 0 Å².